The summed E-state index contributed by atoms with van der Waals surface area (Å²) in [6, 6.07) is 4.32. The minimum atomic E-state index is -1.06. The molecule has 4 nitrogen and oxygen atoms in total. The Bertz CT molecular complexity index is 351. The topological polar surface area (TPSA) is 66.8 Å². The van der Waals surface area contributed by atoms with Crippen molar-refractivity contribution in [2.75, 3.05) is 13.2 Å². The van der Waals surface area contributed by atoms with Crippen molar-refractivity contribution in [2.45, 2.75) is 6.42 Å². The zero-order valence-electron chi connectivity index (χ0n) is 7.94. The third kappa shape index (κ3) is 3.42. The Balaban J connectivity index is 2.82. The van der Waals surface area contributed by atoms with E-state index in [1.807, 2.05) is 0 Å². The summed E-state index contributed by atoms with van der Waals surface area (Å²) in [5, 5.41) is 17.8. The Morgan fingerprint density at radius 1 is 1.47 bits per heavy atom. The van der Waals surface area contributed by atoms with Crippen LogP contribution in [0.1, 0.15) is 16.8 Å². The van der Waals surface area contributed by atoms with Gasteiger partial charge in [-0.15, -0.1) is 0 Å². The number of carbonyl (C=O) groups is 1. The lowest BCUT2D eigenvalue weighted by Gasteiger charge is -2.08. The van der Waals surface area contributed by atoms with Gasteiger partial charge in [0.25, 0.3) is 0 Å². The molecule has 0 bridgehead atoms. The summed E-state index contributed by atoms with van der Waals surface area (Å²) < 4.78 is 5.19. The molecule has 5 heteroatoms. The number of rotatable bonds is 5. The van der Waals surface area contributed by atoms with Crippen LogP contribution in [0.4, 0.5) is 0 Å². The lowest BCUT2D eigenvalue weighted by atomic mass is 10.2. The smallest absolute Gasteiger partial charge is 0.339 e. The highest BCUT2D eigenvalue weighted by molar-refractivity contribution is 6.30. The van der Waals surface area contributed by atoms with Gasteiger partial charge in [0.05, 0.1) is 6.61 Å². The van der Waals surface area contributed by atoms with Gasteiger partial charge in [-0.2, -0.15) is 0 Å². The van der Waals surface area contributed by atoms with Crippen LogP contribution in [0.25, 0.3) is 0 Å². The van der Waals surface area contributed by atoms with Gasteiger partial charge in [0.1, 0.15) is 11.3 Å². The molecule has 0 saturated carbocycles. The second-order valence-corrected chi connectivity index (χ2v) is 3.31. The number of halogens is 1. The summed E-state index contributed by atoms with van der Waals surface area (Å²) in [4.78, 5) is 10.8. The van der Waals surface area contributed by atoms with Gasteiger partial charge in [0.2, 0.25) is 0 Å². The predicted molar refractivity (Wildman–Crippen MR) is 55.6 cm³/mol. The van der Waals surface area contributed by atoms with E-state index in [0.717, 1.165) is 0 Å². The van der Waals surface area contributed by atoms with Crippen molar-refractivity contribution in [2.24, 2.45) is 0 Å². The second kappa shape index (κ2) is 5.58. The molecule has 0 radical (unpaired) electrons. The van der Waals surface area contributed by atoms with E-state index in [1.165, 1.54) is 18.2 Å². The van der Waals surface area contributed by atoms with E-state index in [2.05, 4.69) is 0 Å². The highest BCUT2D eigenvalue weighted by Crippen LogP contribution is 2.23. The van der Waals surface area contributed by atoms with Gasteiger partial charge < -0.3 is 14.9 Å². The highest BCUT2D eigenvalue weighted by atomic mass is 35.5. The average molecular weight is 231 g/mol. The summed E-state index contributed by atoms with van der Waals surface area (Å²) in [7, 11) is 0. The van der Waals surface area contributed by atoms with Crippen molar-refractivity contribution >= 4 is 17.6 Å². The third-order valence-corrected chi connectivity index (χ3v) is 1.97. The third-order valence-electron chi connectivity index (χ3n) is 1.73. The van der Waals surface area contributed by atoms with Gasteiger partial charge in [-0.3, -0.25) is 0 Å². The molecule has 0 aromatic heterocycles. The van der Waals surface area contributed by atoms with E-state index in [1.54, 1.807) is 0 Å². The molecule has 15 heavy (non-hydrogen) atoms. The van der Waals surface area contributed by atoms with Crippen molar-refractivity contribution in [1.82, 2.24) is 0 Å². The molecule has 1 aromatic rings. The van der Waals surface area contributed by atoms with Crippen LogP contribution in [0, 0.1) is 0 Å². The zero-order valence-corrected chi connectivity index (χ0v) is 8.70. The Labute approximate surface area is 92.1 Å². The highest BCUT2D eigenvalue weighted by Gasteiger charge is 2.11. The van der Waals surface area contributed by atoms with Crippen molar-refractivity contribution in [3.05, 3.63) is 28.8 Å². The number of aromatic carboxylic acids is 1. The first-order valence-corrected chi connectivity index (χ1v) is 4.79. The van der Waals surface area contributed by atoms with E-state index in [9.17, 15) is 4.79 Å². The minimum Gasteiger partial charge on any atom is -0.493 e. The Morgan fingerprint density at radius 3 is 2.80 bits per heavy atom. The molecular formula is C10H11ClO4. The lowest BCUT2D eigenvalue weighted by Crippen LogP contribution is -2.05. The summed E-state index contributed by atoms with van der Waals surface area (Å²) in [5.41, 5.74) is 0.0670. The predicted octanol–water partition coefficient (Wildman–Crippen LogP) is 1.80. The molecule has 2 N–H and O–H groups in total. The monoisotopic (exact) mass is 230 g/mol. The van der Waals surface area contributed by atoms with Crippen LogP contribution in [0.2, 0.25) is 5.02 Å². The summed E-state index contributed by atoms with van der Waals surface area (Å²) in [5.74, 6) is -0.839. The second-order valence-electron chi connectivity index (χ2n) is 2.87. The van der Waals surface area contributed by atoms with E-state index in [0.29, 0.717) is 11.4 Å². The normalized spacial score (nSPS) is 10.0. The Kier molecular flexibility index (Phi) is 4.39. The van der Waals surface area contributed by atoms with E-state index in [-0.39, 0.29) is 24.5 Å². The SMILES string of the molecule is O=C(O)c1ccc(Cl)cc1OCCCO. The van der Waals surface area contributed by atoms with Crippen molar-refractivity contribution in [3.63, 3.8) is 0 Å². The number of carboxylic acid groups (broad SMARTS) is 1. The van der Waals surface area contributed by atoms with Crippen LogP contribution in [-0.4, -0.2) is 29.4 Å². The molecule has 1 rings (SSSR count). The maximum Gasteiger partial charge on any atom is 0.339 e. The van der Waals surface area contributed by atoms with Gasteiger partial charge in [0.15, 0.2) is 0 Å². The van der Waals surface area contributed by atoms with E-state index >= 15 is 0 Å². The van der Waals surface area contributed by atoms with Crippen LogP contribution in [0.15, 0.2) is 18.2 Å². The molecule has 0 spiro atoms. The van der Waals surface area contributed by atoms with Gasteiger partial charge in [-0.1, -0.05) is 11.6 Å². The van der Waals surface area contributed by atoms with Gasteiger partial charge in [-0.05, 0) is 18.2 Å². The largest absolute Gasteiger partial charge is 0.493 e. The molecule has 0 heterocycles. The first-order chi connectivity index (χ1) is 7.15. The van der Waals surface area contributed by atoms with Crippen molar-refractivity contribution < 1.29 is 19.7 Å². The summed E-state index contributed by atoms with van der Waals surface area (Å²) in [6.45, 7) is 0.264. The number of hydrogen-bond acceptors (Lipinski definition) is 3. The van der Waals surface area contributed by atoms with Crippen molar-refractivity contribution in [1.29, 1.82) is 0 Å². The fourth-order valence-corrected chi connectivity index (χ4v) is 1.20. The van der Waals surface area contributed by atoms with Crippen LogP contribution in [0.5, 0.6) is 5.75 Å². The molecule has 0 amide bonds. The molecule has 0 unspecified atom stereocenters. The van der Waals surface area contributed by atoms with Crippen LogP contribution in [-0.2, 0) is 0 Å². The van der Waals surface area contributed by atoms with Gasteiger partial charge >= 0.3 is 5.97 Å². The Morgan fingerprint density at radius 2 is 2.20 bits per heavy atom. The number of hydrogen-bond donors (Lipinski definition) is 2. The number of benzene rings is 1. The number of ether oxygens (including phenoxy) is 1. The summed E-state index contributed by atoms with van der Waals surface area (Å²) >= 11 is 5.71. The number of carboxylic acids is 1. The minimum absolute atomic E-state index is 0.00295. The molecule has 0 fully saturated rings. The molecule has 0 atom stereocenters. The van der Waals surface area contributed by atoms with Crippen molar-refractivity contribution in [3.8, 4) is 5.75 Å². The molecule has 0 saturated heterocycles. The zero-order chi connectivity index (χ0) is 11.3. The Hall–Kier alpha value is -1.26. The molecule has 82 valence electrons. The van der Waals surface area contributed by atoms with E-state index in [4.69, 9.17) is 26.6 Å². The molecule has 0 aliphatic heterocycles. The maximum absolute atomic E-state index is 10.8. The first kappa shape index (κ1) is 11.8. The van der Waals surface area contributed by atoms with Crippen LogP contribution >= 0.6 is 11.6 Å². The number of aliphatic hydroxyl groups is 1. The molecule has 0 aliphatic rings. The molecular weight excluding hydrogens is 220 g/mol. The fourth-order valence-electron chi connectivity index (χ4n) is 1.04. The quantitative estimate of drug-likeness (QED) is 0.757. The first-order valence-electron chi connectivity index (χ1n) is 4.41. The molecule has 0 aliphatic carbocycles. The van der Waals surface area contributed by atoms with Gasteiger partial charge in [0, 0.05) is 18.1 Å². The molecule has 1 aromatic carbocycles. The maximum atomic E-state index is 10.8. The average Bonchev–Trinajstić information content (AvgIpc) is 2.18. The number of aliphatic hydroxyl groups excluding tert-OH is 1. The van der Waals surface area contributed by atoms with E-state index < -0.39 is 5.97 Å². The fraction of sp³-hybridized carbons (Fsp3) is 0.300. The standard InChI is InChI=1S/C10H11ClO4/c11-7-2-3-8(10(13)14)9(6-7)15-5-1-4-12/h2-3,6,12H,1,4-5H2,(H,13,14). The van der Waals surface area contributed by atoms with Crippen LogP contribution in [0.3, 0.4) is 0 Å². The summed E-state index contributed by atoms with van der Waals surface area (Å²) in [6.07, 6.45) is 0.450. The van der Waals surface area contributed by atoms with Gasteiger partial charge in [-0.25, -0.2) is 4.79 Å². The lowest BCUT2D eigenvalue weighted by molar-refractivity contribution is 0.0692. The van der Waals surface area contributed by atoms with Crippen LogP contribution < -0.4 is 4.74 Å².